The summed E-state index contributed by atoms with van der Waals surface area (Å²) in [6.45, 7) is 6.16. The lowest BCUT2D eigenvalue weighted by Gasteiger charge is -1.79. The number of hydrogen-bond donors (Lipinski definition) is 0. The van der Waals surface area contributed by atoms with Crippen molar-refractivity contribution in [2.45, 2.75) is 27.2 Å². The van der Waals surface area contributed by atoms with Crippen LogP contribution in [0.25, 0.3) is 0 Å². The Bertz CT molecular complexity index is 170. The van der Waals surface area contributed by atoms with E-state index in [1.54, 1.807) is 11.3 Å². The fraction of sp³-hybridized carbons (Fsp3) is 0.500. The van der Waals surface area contributed by atoms with Gasteiger partial charge in [0.1, 0.15) is 0 Å². The normalized spacial score (nSPS) is 8.40. The van der Waals surface area contributed by atoms with Gasteiger partial charge in [0.2, 0.25) is 0 Å². The maximum absolute atomic E-state index is 3.38. The van der Waals surface area contributed by atoms with Crippen molar-refractivity contribution in [1.29, 1.82) is 0 Å². The summed E-state index contributed by atoms with van der Waals surface area (Å²) in [5, 5.41) is 2.11. The van der Waals surface area contributed by atoms with Crippen LogP contribution in [0.2, 0.25) is 0 Å². The molecule has 0 nitrogen and oxygen atoms in total. The number of thiophene rings is 1. The molecule has 1 heterocycles. The van der Waals surface area contributed by atoms with E-state index in [1.807, 2.05) is 13.8 Å². The molecule has 1 aromatic rings. The zero-order chi connectivity index (χ0) is 7.98. The molecule has 0 saturated carbocycles. The monoisotopic (exact) mass is 220 g/mol. The van der Waals surface area contributed by atoms with Crippen LogP contribution < -0.4 is 0 Å². The smallest absolute Gasteiger partial charge is 0.0285 e. The van der Waals surface area contributed by atoms with Gasteiger partial charge in [-0.15, -0.1) is 11.3 Å². The van der Waals surface area contributed by atoms with Gasteiger partial charge < -0.3 is 0 Å². The van der Waals surface area contributed by atoms with Gasteiger partial charge >= 0.3 is 0 Å². The Morgan fingerprint density at radius 3 is 2.30 bits per heavy atom. The summed E-state index contributed by atoms with van der Waals surface area (Å²) in [6, 6.07) is 2.16. The van der Waals surface area contributed by atoms with E-state index in [2.05, 4.69) is 34.3 Å². The van der Waals surface area contributed by atoms with Crippen molar-refractivity contribution < 1.29 is 0 Å². The predicted octanol–water partition coefficient (Wildman–Crippen LogP) is 4.10. The lowest BCUT2D eigenvalue weighted by atomic mass is 10.4. The van der Waals surface area contributed by atoms with E-state index >= 15 is 0 Å². The van der Waals surface area contributed by atoms with Gasteiger partial charge in [-0.25, -0.2) is 0 Å². The Labute approximate surface area is 75.4 Å². The quantitative estimate of drug-likeness (QED) is 0.669. The Balaban J connectivity index is 0.000000371. The minimum atomic E-state index is 1.15. The van der Waals surface area contributed by atoms with Crippen molar-refractivity contribution in [3.63, 3.8) is 0 Å². The van der Waals surface area contributed by atoms with Crippen LogP contribution in [0.3, 0.4) is 0 Å². The average molecular weight is 221 g/mol. The topological polar surface area (TPSA) is 0 Å². The summed E-state index contributed by atoms with van der Waals surface area (Å²) in [4.78, 5) is 1.44. The fourth-order valence-corrected chi connectivity index (χ4v) is 1.94. The lowest BCUT2D eigenvalue weighted by Crippen LogP contribution is -1.64. The van der Waals surface area contributed by atoms with Crippen molar-refractivity contribution >= 4 is 27.3 Å². The Kier molecular flexibility index (Phi) is 6.03. The van der Waals surface area contributed by atoms with Crippen LogP contribution in [0.15, 0.2) is 15.9 Å². The molecular weight excluding hydrogens is 208 g/mol. The van der Waals surface area contributed by atoms with E-state index in [0.29, 0.717) is 0 Å². The largest absolute Gasteiger partial charge is 0.148 e. The highest BCUT2D eigenvalue weighted by atomic mass is 79.9. The van der Waals surface area contributed by atoms with Crippen LogP contribution in [-0.4, -0.2) is 0 Å². The van der Waals surface area contributed by atoms with Crippen LogP contribution in [-0.2, 0) is 6.42 Å². The molecule has 0 saturated heterocycles. The molecule has 0 amide bonds. The molecule has 0 aliphatic rings. The first-order valence-corrected chi connectivity index (χ1v) is 5.23. The second kappa shape index (κ2) is 5.93. The third kappa shape index (κ3) is 3.37. The zero-order valence-corrected chi connectivity index (χ0v) is 9.05. The second-order valence-electron chi connectivity index (χ2n) is 1.58. The van der Waals surface area contributed by atoms with Crippen molar-refractivity contribution in [1.82, 2.24) is 0 Å². The minimum Gasteiger partial charge on any atom is -0.148 e. The molecule has 0 aliphatic heterocycles. The summed E-state index contributed by atoms with van der Waals surface area (Å²) in [5.74, 6) is 0. The SMILES string of the molecule is CC.CCc1cc(Br)cs1. The second-order valence-corrected chi connectivity index (χ2v) is 3.50. The highest BCUT2D eigenvalue weighted by molar-refractivity contribution is 9.10. The highest BCUT2D eigenvalue weighted by Crippen LogP contribution is 2.19. The van der Waals surface area contributed by atoms with Gasteiger partial charge in [0, 0.05) is 14.7 Å². The number of aryl methyl sites for hydroxylation is 1. The first kappa shape index (κ1) is 10.2. The van der Waals surface area contributed by atoms with Gasteiger partial charge in [0.05, 0.1) is 0 Å². The molecule has 1 rings (SSSR count). The van der Waals surface area contributed by atoms with E-state index in [0.717, 1.165) is 6.42 Å². The molecule has 0 bridgehead atoms. The van der Waals surface area contributed by atoms with Gasteiger partial charge in [-0.1, -0.05) is 20.8 Å². The van der Waals surface area contributed by atoms with Crippen LogP contribution in [0.5, 0.6) is 0 Å². The van der Waals surface area contributed by atoms with E-state index in [9.17, 15) is 0 Å². The molecule has 58 valence electrons. The van der Waals surface area contributed by atoms with E-state index in [4.69, 9.17) is 0 Å². The van der Waals surface area contributed by atoms with E-state index < -0.39 is 0 Å². The van der Waals surface area contributed by atoms with Gasteiger partial charge in [-0.2, -0.15) is 0 Å². The molecule has 0 N–H and O–H groups in total. The molecule has 0 spiro atoms. The third-order valence-corrected chi connectivity index (χ3v) is 2.81. The van der Waals surface area contributed by atoms with Gasteiger partial charge in [-0.3, -0.25) is 0 Å². The highest BCUT2D eigenvalue weighted by Gasteiger charge is 1.90. The van der Waals surface area contributed by atoms with Crippen molar-refractivity contribution in [3.8, 4) is 0 Å². The first-order valence-electron chi connectivity index (χ1n) is 3.56. The zero-order valence-electron chi connectivity index (χ0n) is 6.65. The molecule has 0 aliphatic carbocycles. The Morgan fingerprint density at radius 2 is 2.10 bits per heavy atom. The summed E-state index contributed by atoms with van der Waals surface area (Å²) in [6.07, 6.45) is 1.15. The van der Waals surface area contributed by atoms with E-state index in [1.165, 1.54) is 9.35 Å². The maximum atomic E-state index is 3.38. The molecular formula is C8H13BrS. The predicted molar refractivity (Wildman–Crippen MR) is 52.7 cm³/mol. The lowest BCUT2D eigenvalue weighted by molar-refractivity contribution is 1.18. The van der Waals surface area contributed by atoms with Crippen LogP contribution in [0.1, 0.15) is 25.6 Å². The molecule has 0 radical (unpaired) electrons. The molecule has 0 fully saturated rings. The summed E-state index contributed by atoms with van der Waals surface area (Å²) < 4.78 is 1.21. The summed E-state index contributed by atoms with van der Waals surface area (Å²) in [5.41, 5.74) is 0. The number of halogens is 1. The van der Waals surface area contributed by atoms with Crippen molar-refractivity contribution in [3.05, 3.63) is 20.8 Å². The maximum Gasteiger partial charge on any atom is 0.0285 e. The fourth-order valence-electron chi connectivity index (χ4n) is 0.539. The summed E-state index contributed by atoms with van der Waals surface area (Å²) >= 11 is 5.19. The van der Waals surface area contributed by atoms with Gasteiger partial charge in [0.25, 0.3) is 0 Å². The van der Waals surface area contributed by atoms with Crippen LogP contribution in [0, 0.1) is 0 Å². The first-order chi connectivity index (χ1) is 4.83. The molecule has 10 heavy (non-hydrogen) atoms. The van der Waals surface area contributed by atoms with Crippen LogP contribution >= 0.6 is 27.3 Å². The molecule has 2 heteroatoms. The molecule has 0 aromatic carbocycles. The van der Waals surface area contributed by atoms with Crippen LogP contribution in [0.4, 0.5) is 0 Å². The van der Waals surface area contributed by atoms with E-state index in [-0.39, 0.29) is 0 Å². The number of rotatable bonds is 1. The Hall–Kier alpha value is 0.180. The Morgan fingerprint density at radius 1 is 1.50 bits per heavy atom. The van der Waals surface area contributed by atoms with Gasteiger partial charge in [0.15, 0.2) is 0 Å². The summed E-state index contributed by atoms with van der Waals surface area (Å²) in [7, 11) is 0. The van der Waals surface area contributed by atoms with Crippen molar-refractivity contribution in [2.75, 3.05) is 0 Å². The average Bonchev–Trinajstić information content (AvgIpc) is 2.40. The van der Waals surface area contributed by atoms with Gasteiger partial charge in [-0.05, 0) is 28.4 Å². The third-order valence-electron chi connectivity index (χ3n) is 0.970. The molecule has 0 atom stereocenters. The number of hydrogen-bond acceptors (Lipinski definition) is 1. The molecule has 1 aromatic heterocycles. The van der Waals surface area contributed by atoms with Crippen molar-refractivity contribution in [2.24, 2.45) is 0 Å². The molecule has 0 unspecified atom stereocenters. The minimum absolute atomic E-state index is 1.15. The standard InChI is InChI=1S/C6H7BrS.C2H6/c1-2-6-3-5(7)4-8-6;1-2/h3-4H,2H2,1H3;1-2H3.